The average molecular weight is 449 g/mol. The van der Waals surface area contributed by atoms with Gasteiger partial charge < -0.3 is 19.7 Å². The van der Waals surface area contributed by atoms with Crippen molar-refractivity contribution in [2.75, 3.05) is 32.6 Å². The Labute approximate surface area is 195 Å². The van der Waals surface area contributed by atoms with Gasteiger partial charge in [-0.3, -0.25) is 0 Å². The molecular formula is C26H32N4O3. The highest BCUT2D eigenvalue weighted by atomic mass is 16.5. The molecule has 1 saturated heterocycles. The van der Waals surface area contributed by atoms with E-state index in [0.717, 1.165) is 41.5 Å². The van der Waals surface area contributed by atoms with Crippen LogP contribution in [0, 0.1) is 0 Å². The standard InChI is InChI=1S/C26H32N4O3/c1-5-17(2)18-6-8-20(9-7-18)29-26(31)30-12-10-19(11-13-30)25-21-14-23(32-3)24(33-4)15-22(21)27-16-28-25/h6-9,14-17,19H,5,10-13H2,1-4H3,(H,29,31). The molecule has 2 aromatic carbocycles. The van der Waals surface area contributed by atoms with Gasteiger partial charge in [0, 0.05) is 36.1 Å². The number of anilines is 1. The van der Waals surface area contributed by atoms with Crippen LogP contribution in [0.2, 0.25) is 0 Å². The second kappa shape index (κ2) is 10.1. The zero-order valence-electron chi connectivity index (χ0n) is 19.8. The molecule has 1 aliphatic heterocycles. The number of urea groups is 1. The van der Waals surface area contributed by atoms with Gasteiger partial charge in [0.1, 0.15) is 6.33 Å². The quantitative estimate of drug-likeness (QED) is 0.533. The van der Waals surface area contributed by atoms with Crippen molar-refractivity contribution < 1.29 is 14.3 Å². The number of methoxy groups -OCH3 is 2. The molecule has 0 radical (unpaired) electrons. The number of fused-ring (bicyclic) bond motifs is 1. The molecule has 2 amide bonds. The summed E-state index contributed by atoms with van der Waals surface area (Å²) in [5.41, 5.74) is 3.96. The average Bonchev–Trinajstić information content (AvgIpc) is 2.87. The fraction of sp³-hybridized carbons (Fsp3) is 0.423. The number of carbonyl (C=O) groups excluding carboxylic acids is 1. The monoisotopic (exact) mass is 448 g/mol. The van der Waals surface area contributed by atoms with Crippen LogP contribution in [0.25, 0.3) is 10.9 Å². The number of benzene rings is 2. The predicted molar refractivity (Wildman–Crippen MR) is 130 cm³/mol. The number of likely N-dealkylation sites (tertiary alicyclic amines) is 1. The van der Waals surface area contributed by atoms with Gasteiger partial charge in [0.05, 0.1) is 25.4 Å². The largest absolute Gasteiger partial charge is 0.493 e. The van der Waals surface area contributed by atoms with E-state index in [4.69, 9.17) is 9.47 Å². The lowest BCUT2D eigenvalue weighted by Crippen LogP contribution is -2.40. The molecule has 4 rings (SSSR count). The number of piperidine rings is 1. The molecule has 33 heavy (non-hydrogen) atoms. The number of nitrogens with one attached hydrogen (secondary N) is 1. The van der Waals surface area contributed by atoms with Gasteiger partial charge >= 0.3 is 6.03 Å². The Kier molecular flexibility index (Phi) is 6.96. The van der Waals surface area contributed by atoms with Crippen molar-refractivity contribution in [3.05, 3.63) is 54.0 Å². The number of nitrogens with zero attached hydrogens (tertiary/aromatic N) is 3. The summed E-state index contributed by atoms with van der Waals surface area (Å²) >= 11 is 0. The molecule has 2 heterocycles. The topological polar surface area (TPSA) is 76.6 Å². The van der Waals surface area contributed by atoms with E-state index >= 15 is 0 Å². The molecular weight excluding hydrogens is 416 g/mol. The Morgan fingerprint density at radius 2 is 1.76 bits per heavy atom. The van der Waals surface area contributed by atoms with Crippen molar-refractivity contribution in [3.63, 3.8) is 0 Å². The Hall–Kier alpha value is -3.35. The summed E-state index contributed by atoms with van der Waals surface area (Å²) in [5.74, 6) is 2.09. The van der Waals surface area contributed by atoms with E-state index in [1.807, 2.05) is 29.2 Å². The van der Waals surface area contributed by atoms with Crippen LogP contribution in [0.4, 0.5) is 10.5 Å². The second-order valence-electron chi connectivity index (χ2n) is 8.61. The summed E-state index contributed by atoms with van der Waals surface area (Å²) in [6.07, 6.45) is 4.40. The van der Waals surface area contributed by atoms with Crippen LogP contribution in [0.1, 0.15) is 56.2 Å². The smallest absolute Gasteiger partial charge is 0.321 e. The first-order valence-electron chi connectivity index (χ1n) is 11.6. The summed E-state index contributed by atoms with van der Waals surface area (Å²) in [5, 5.41) is 4.01. The van der Waals surface area contributed by atoms with Crippen LogP contribution in [-0.2, 0) is 0 Å². The molecule has 1 atom stereocenters. The number of hydrogen-bond acceptors (Lipinski definition) is 5. The number of hydrogen-bond donors (Lipinski definition) is 1. The molecule has 3 aromatic rings. The molecule has 0 spiro atoms. The SMILES string of the molecule is CCC(C)c1ccc(NC(=O)N2CCC(c3ncnc4cc(OC)c(OC)cc34)CC2)cc1. The Morgan fingerprint density at radius 1 is 1.09 bits per heavy atom. The summed E-state index contributed by atoms with van der Waals surface area (Å²) in [4.78, 5) is 23.7. The van der Waals surface area contributed by atoms with Gasteiger partial charge in [-0.1, -0.05) is 26.0 Å². The second-order valence-corrected chi connectivity index (χ2v) is 8.61. The fourth-order valence-corrected chi connectivity index (χ4v) is 4.42. The number of carbonyl (C=O) groups is 1. The zero-order chi connectivity index (χ0) is 23.4. The van der Waals surface area contributed by atoms with E-state index in [9.17, 15) is 4.79 Å². The molecule has 0 aliphatic carbocycles. The van der Waals surface area contributed by atoms with Crippen molar-refractivity contribution in [3.8, 4) is 11.5 Å². The van der Waals surface area contributed by atoms with Crippen LogP contribution < -0.4 is 14.8 Å². The maximum absolute atomic E-state index is 12.8. The van der Waals surface area contributed by atoms with Crippen molar-refractivity contribution in [2.24, 2.45) is 0 Å². The van der Waals surface area contributed by atoms with Crippen LogP contribution in [0.3, 0.4) is 0 Å². The molecule has 0 saturated carbocycles. The highest BCUT2D eigenvalue weighted by Crippen LogP contribution is 2.36. The maximum Gasteiger partial charge on any atom is 0.321 e. The normalized spacial score (nSPS) is 15.3. The molecule has 1 aliphatic rings. The van der Waals surface area contributed by atoms with Crippen LogP contribution in [0.5, 0.6) is 11.5 Å². The lowest BCUT2D eigenvalue weighted by Gasteiger charge is -2.32. The van der Waals surface area contributed by atoms with Gasteiger partial charge in [0.2, 0.25) is 0 Å². The van der Waals surface area contributed by atoms with Gasteiger partial charge in [-0.15, -0.1) is 0 Å². The van der Waals surface area contributed by atoms with E-state index in [1.165, 1.54) is 5.56 Å². The number of ether oxygens (including phenoxy) is 2. The summed E-state index contributed by atoms with van der Waals surface area (Å²) in [6, 6.07) is 11.9. The minimum atomic E-state index is -0.0521. The Bertz CT molecular complexity index is 1110. The minimum Gasteiger partial charge on any atom is -0.493 e. The third-order valence-corrected chi connectivity index (χ3v) is 6.68. The number of amides is 2. The van der Waals surface area contributed by atoms with E-state index in [-0.39, 0.29) is 11.9 Å². The highest BCUT2D eigenvalue weighted by molar-refractivity contribution is 5.89. The van der Waals surface area contributed by atoms with Crippen LogP contribution >= 0.6 is 0 Å². The van der Waals surface area contributed by atoms with Gasteiger partial charge in [-0.05, 0) is 48.9 Å². The van der Waals surface area contributed by atoms with Gasteiger partial charge in [0.15, 0.2) is 11.5 Å². The van der Waals surface area contributed by atoms with Gasteiger partial charge in [-0.25, -0.2) is 14.8 Å². The number of aromatic nitrogens is 2. The first-order valence-corrected chi connectivity index (χ1v) is 11.6. The Balaban J connectivity index is 1.42. The van der Waals surface area contributed by atoms with Gasteiger partial charge in [0.25, 0.3) is 0 Å². The fourth-order valence-electron chi connectivity index (χ4n) is 4.42. The lowest BCUT2D eigenvalue weighted by molar-refractivity contribution is 0.194. The van der Waals surface area contributed by atoms with E-state index < -0.39 is 0 Å². The maximum atomic E-state index is 12.8. The minimum absolute atomic E-state index is 0.0521. The third kappa shape index (κ3) is 4.87. The zero-order valence-corrected chi connectivity index (χ0v) is 19.8. The lowest BCUT2D eigenvalue weighted by atomic mass is 9.91. The summed E-state index contributed by atoms with van der Waals surface area (Å²) in [6.45, 7) is 5.76. The van der Waals surface area contributed by atoms with Gasteiger partial charge in [-0.2, -0.15) is 0 Å². The predicted octanol–water partition coefficient (Wildman–Crippen LogP) is 5.57. The first kappa shape index (κ1) is 22.8. The highest BCUT2D eigenvalue weighted by Gasteiger charge is 2.26. The van der Waals surface area contributed by atoms with E-state index in [2.05, 4.69) is 41.3 Å². The summed E-state index contributed by atoms with van der Waals surface area (Å²) in [7, 11) is 3.24. The molecule has 7 heteroatoms. The molecule has 1 fully saturated rings. The van der Waals surface area contributed by atoms with Crippen molar-refractivity contribution >= 4 is 22.6 Å². The molecule has 1 N–H and O–H groups in total. The first-order chi connectivity index (χ1) is 16.0. The van der Waals surface area contributed by atoms with Crippen molar-refractivity contribution in [1.82, 2.24) is 14.9 Å². The van der Waals surface area contributed by atoms with Crippen LogP contribution in [0.15, 0.2) is 42.7 Å². The number of rotatable bonds is 6. The van der Waals surface area contributed by atoms with Crippen molar-refractivity contribution in [1.29, 1.82) is 0 Å². The van der Waals surface area contributed by atoms with Crippen LogP contribution in [-0.4, -0.2) is 48.2 Å². The van der Waals surface area contributed by atoms with Crippen molar-refractivity contribution in [2.45, 2.75) is 44.9 Å². The summed E-state index contributed by atoms with van der Waals surface area (Å²) < 4.78 is 10.9. The Morgan fingerprint density at radius 3 is 2.39 bits per heavy atom. The molecule has 7 nitrogen and oxygen atoms in total. The molecule has 1 aromatic heterocycles. The third-order valence-electron chi connectivity index (χ3n) is 6.68. The van der Waals surface area contributed by atoms with E-state index in [0.29, 0.717) is 30.5 Å². The molecule has 1 unspecified atom stereocenters. The van der Waals surface area contributed by atoms with E-state index in [1.54, 1.807) is 20.5 Å². The molecule has 0 bridgehead atoms. The molecule has 174 valence electrons.